The molecule has 2 amide bonds. The molecule has 0 saturated carbocycles. The fourth-order valence-corrected chi connectivity index (χ4v) is 4.21. The van der Waals surface area contributed by atoms with Gasteiger partial charge in [0, 0.05) is 42.3 Å². The van der Waals surface area contributed by atoms with Gasteiger partial charge < -0.3 is 16.4 Å². The molecule has 38 heavy (non-hydrogen) atoms. The van der Waals surface area contributed by atoms with Crippen LogP contribution >= 0.6 is 0 Å². The van der Waals surface area contributed by atoms with Gasteiger partial charge in [0.2, 0.25) is 5.91 Å². The summed E-state index contributed by atoms with van der Waals surface area (Å²) in [6.45, 7) is 5.75. The fourth-order valence-electron chi connectivity index (χ4n) is 4.21. The Hall–Kier alpha value is -5.05. The number of aromatic nitrogens is 4. The Morgan fingerprint density at radius 3 is 2.50 bits per heavy atom. The number of rotatable bonds is 6. The smallest absolute Gasteiger partial charge is 0.251 e. The Labute approximate surface area is 219 Å². The lowest BCUT2D eigenvalue weighted by atomic mass is 10.1. The topological polar surface area (TPSA) is 128 Å². The van der Waals surface area contributed by atoms with Crippen LogP contribution < -0.4 is 16.4 Å². The lowest BCUT2D eigenvalue weighted by Gasteiger charge is -2.12. The molecule has 5 rings (SSSR count). The Bertz CT molecular complexity index is 1670. The van der Waals surface area contributed by atoms with Gasteiger partial charge in [-0.25, -0.2) is 15.0 Å². The van der Waals surface area contributed by atoms with Gasteiger partial charge in [-0.3, -0.25) is 14.2 Å². The molecule has 5 aromatic rings. The van der Waals surface area contributed by atoms with E-state index in [0.29, 0.717) is 29.4 Å². The molecule has 190 valence electrons. The van der Waals surface area contributed by atoms with E-state index in [-0.39, 0.29) is 11.8 Å². The third-order valence-corrected chi connectivity index (χ3v) is 6.25. The first kappa shape index (κ1) is 24.6. The molecule has 0 bridgehead atoms. The maximum atomic E-state index is 12.7. The number of nitrogens with two attached hydrogens (primary N) is 1. The monoisotopic (exact) mass is 505 g/mol. The summed E-state index contributed by atoms with van der Waals surface area (Å²) in [5, 5.41) is 5.62. The van der Waals surface area contributed by atoms with E-state index in [9.17, 15) is 9.59 Å². The van der Waals surface area contributed by atoms with E-state index in [4.69, 9.17) is 15.7 Å². The van der Waals surface area contributed by atoms with Gasteiger partial charge in [0.05, 0.1) is 5.56 Å². The van der Waals surface area contributed by atoms with Crippen molar-refractivity contribution in [3.8, 4) is 17.1 Å². The zero-order valence-electron chi connectivity index (χ0n) is 21.3. The van der Waals surface area contributed by atoms with Gasteiger partial charge in [-0.1, -0.05) is 18.2 Å². The molecule has 4 N–H and O–H groups in total. The van der Waals surface area contributed by atoms with E-state index in [1.165, 1.54) is 6.92 Å². The van der Waals surface area contributed by atoms with Crippen molar-refractivity contribution in [3.63, 3.8) is 0 Å². The molecule has 0 aliphatic carbocycles. The first-order valence-electron chi connectivity index (χ1n) is 12.1. The molecule has 0 aliphatic rings. The van der Waals surface area contributed by atoms with Gasteiger partial charge in [-0.05, 0) is 73.5 Å². The molecule has 0 saturated heterocycles. The van der Waals surface area contributed by atoms with Crippen LogP contribution in [0.3, 0.4) is 0 Å². The number of hydrogen-bond acceptors (Lipinski definition) is 6. The highest BCUT2D eigenvalue weighted by atomic mass is 16.2. The number of pyridine rings is 2. The molecule has 0 unspecified atom stereocenters. The van der Waals surface area contributed by atoms with Crippen LogP contribution in [0, 0.1) is 13.8 Å². The van der Waals surface area contributed by atoms with Crippen LogP contribution in [-0.2, 0) is 11.3 Å². The van der Waals surface area contributed by atoms with Crippen molar-refractivity contribution in [2.45, 2.75) is 27.3 Å². The highest BCUT2D eigenvalue weighted by molar-refractivity contribution is 5.96. The molecule has 0 atom stereocenters. The maximum absolute atomic E-state index is 12.7. The maximum Gasteiger partial charge on any atom is 0.251 e. The number of carbonyl (C=O) groups excluding carboxylic acids is 2. The van der Waals surface area contributed by atoms with Crippen molar-refractivity contribution < 1.29 is 9.59 Å². The SMILES string of the molecule is CC(=O)Nc1cccc(C(=O)NCc2ccc(-n3c(-c4cccnc4N)nc4cc(C)c(C)nc43)cc2)c1. The van der Waals surface area contributed by atoms with Crippen molar-refractivity contribution in [3.05, 3.63) is 95.3 Å². The number of hydrogen-bond donors (Lipinski definition) is 3. The number of imidazole rings is 1. The van der Waals surface area contributed by atoms with E-state index in [1.807, 2.05) is 60.9 Å². The minimum atomic E-state index is -0.230. The third-order valence-electron chi connectivity index (χ3n) is 6.25. The van der Waals surface area contributed by atoms with Crippen LogP contribution in [0.4, 0.5) is 11.5 Å². The highest BCUT2D eigenvalue weighted by Gasteiger charge is 2.19. The number of nitrogens with zero attached hydrogens (tertiary/aromatic N) is 4. The Kier molecular flexibility index (Phi) is 6.57. The van der Waals surface area contributed by atoms with Crippen molar-refractivity contribution in [2.24, 2.45) is 0 Å². The Morgan fingerprint density at radius 2 is 1.76 bits per heavy atom. The summed E-state index contributed by atoms with van der Waals surface area (Å²) in [4.78, 5) is 37.9. The largest absolute Gasteiger partial charge is 0.383 e. The molecular formula is C29H27N7O2. The van der Waals surface area contributed by atoms with Gasteiger partial charge in [0.1, 0.15) is 11.3 Å². The Morgan fingerprint density at radius 1 is 0.974 bits per heavy atom. The predicted octanol–water partition coefficient (Wildman–Crippen LogP) is 4.57. The van der Waals surface area contributed by atoms with E-state index in [0.717, 1.165) is 39.2 Å². The highest BCUT2D eigenvalue weighted by Crippen LogP contribution is 2.31. The second-order valence-corrected chi connectivity index (χ2v) is 9.05. The number of fused-ring (bicyclic) bond motifs is 1. The van der Waals surface area contributed by atoms with Crippen molar-refractivity contribution in [2.75, 3.05) is 11.1 Å². The van der Waals surface area contributed by atoms with Gasteiger partial charge >= 0.3 is 0 Å². The first-order chi connectivity index (χ1) is 18.3. The van der Waals surface area contributed by atoms with E-state index in [1.54, 1.807) is 30.5 Å². The van der Waals surface area contributed by atoms with Crippen LogP contribution in [0.5, 0.6) is 0 Å². The quantitative estimate of drug-likeness (QED) is 0.310. The van der Waals surface area contributed by atoms with Crippen LogP contribution in [-0.4, -0.2) is 31.3 Å². The number of anilines is 2. The molecule has 3 aromatic heterocycles. The molecule has 3 heterocycles. The van der Waals surface area contributed by atoms with Gasteiger partial charge in [0.25, 0.3) is 5.91 Å². The summed E-state index contributed by atoms with van der Waals surface area (Å²) in [7, 11) is 0. The average molecular weight is 506 g/mol. The van der Waals surface area contributed by atoms with Gasteiger partial charge in [-0.2, -0.15) is 0 Å². The lowest BCUT2D eigenvalue weighted by Crippen LogP contribution is -2.23. The average Bonchev–Trinajstić information content (AvgIpc) is 3.25. The van der Waals surface area contributed by atoms with Gasteiger partial charge in [-0.15, -0.1) is 0 Å². The summed E-state index contributed by atoms with van der Waals surface area (Å²) < 4.78 is 1.98. The summed E-state index contributed by atoms with van der Waals surface area (Å²) in [6, 6.07) is 20.4. The van der Waals surface area contributed by atoms with Crippen molar-refractivity contribution in [1.29, 1.82) is 0 Å². The van der Waals surface area contributed by atoms with Crippen LogP contribution in [0.15, 0.2) is 72.9 Å². The lowest BCUT2D eigenvalue weighted by molar-refractivity contribution is -0.114. The summed E-state index contributed by atoms with van der Waals surface area (Å²) >= 11 is 0. The third kappa shape index (κ3) is 4.94. The zero-order chi connectivity index (χ0) is 26.8. The number of amides is 2. The normalized spacial score (nSPS) is 10.9. The predicted molar refractivity (Wildman–Crippen MR) is 148 cm³/mol. The van der Waals surface area contributed by atoms with E-state index < -0.39 is 0 Å². The number of nitrogens with one attached hydrogen (secondary N) is 2. The molecule has 0 spiro atoms. The van der Waals surface area contributed by atoms with Crippen molar-refractivity contribution in [1.82, 2.24) is 24.8 Å². The minimum absolute atomic E-state index is 0.191. The molecule has 0 fully saturated rings. The second kappa shape index (κ2) is 10.1. The molecule has 9 heteroatoms. The van der Waals surface area contributed by atoms with E-state index in [2.05, 4.69) is 15.6 Å². The summed E-state index contributed by atoms with van der Waals surface area (Å²) in [5.41, 5.74) is 13.2. The second-order valence-electron chi connectivity index (χ2n) is 9.05. The zero-order valence-corrected chi connectivity index (χ0v) is 21.3. The number of nitrogen functional groups attached to an aromatic ring is 1. The minimum Gasteiger partial charge on any atom is -0.383 e. The molecule has 0 aliphatic heterocycles. The van der Waals surface area contributed by atoms with Crippen molar-refractivity contribution >= 4 is 34.5 Å². The standard InChI is InChI=1S/C29H27N7O2/c1-17-14-25-28(33-18(17)2)36(27(35-25)24-8-5-13-31-26(24)30)23-11-9-20(10-12-23)16-32-29(38)21-6-4-7-22(15-21)34-19(3)37/h4-15H,16H2,1-3H3,(H2,30,31)(H,32,38)(H,34,37). The van der Waals surface area contributed by atoms with Crippen LogP contribution in [0.2, 0.25) is 0 Å². The summed E-state index contributed by atoms with van der Waals surface area (Å²) in [5.74, 6) is 0.622. The fraction of sp³-hybridized carbons (Fsp3) is 0.138. The van der Waals surface area contributed by atoms with Crippen LogP contribution in [0.1, 0.15) is 34.1 Å². The molecule has 0 radical (unpaired) electrons. The molecule has 9 nitrogen and oxygen atoms in total. The number of benzene rings is 2. The number of carbonyl (C=O) groups is 2. The molecule has 2 aromatic carbocycles. The molecular weight excluding hydrogens is 478 g/mol. The summed E-state index contributed by atoms with van der Waals surface area (Å²) in [6.07, 6.45) is 1.65. The number of aryl methyl sites for hydroxylation is 2. The van der Waals surface area contributed by atoms with E-state index >= 15 is 0 Å². The van der Waals surface area contributed by atoms with Gasteiger partial charge in [0.15, 0.2) is 11.5 Å². The van der Waals surface area contributed by atoms with Crippen LogP contribution in [0.25, 0.3) is 28.2 Å². The Balaban J connectivity index is 1.43. The first-order valence-corrected chi connectivity index (χ1v) is 12.1.